The second-order valence-corrected chi connectivity index (χ2v) is 18.3. The van der Waals surface area contributed by atoms with Gasteiger partial charge in [0.1, 0.15) is 24.4 Å². The van der Waals surface area contributed by atoms with Gasteiger partial charge in [-0.2, -0.15) is 0 Å². The van der Waals surface area contributed by atoms with Crippen LogP contribution < -0.4 is 5.32 Å². The molecule has 1 amide bonds. The highest BCUT2D eigenvalue weighted by Crippen LogP contribution is 2.23. The van der Waals surface area contributed by atoms with E-state index < -0.39 is 49.5 Å². The molecular weight excluding hydrogens is 791 g/mol. The first-order chi connectivity index (χ1) is 30.8. The number of unbranched alkanes of at least 4 members (excludes halogenated alkanes) is 28. The van der Waals surface area contributed by atoms with E-state index in [9.17, 15) is 30.3 Å². The minimum absolute atomic E-state index is 0.191. The maximum atomic E-state index is 13.0. The van der Waals surface area contributed by atoms with Crippen LogP contribution in [0.1, 0.15) is 232 Å². The van der Waals surface area contributed by atoms with Crippen LogP contribution in [-0.4, -0.2) is 87.5 Å². The molecule has 63 heavy (non-hydrogen) atoms. The topological polar surface area (TPSA) is 149 Å². The lowest BCUT2D eigenvalue weighted by Gasteiger charge is -2.40. The van der Waals surface area contributed by atoms with Crippen LogP contribution in [0, 0.1) is 0 Å². The molecule has 7 atom stereocenters. The average Bonchev–Trinajstić information content (AvgIpc) is 3.28. The van der Waals surface area contributed by atoms with Crippen molar-refractivity contribution in [3.63, 3.8) is 0 Å². The van der Waals surface area contributed by atoms with Gasteiger partial charge in [0.2, 0.25) is 5.91 Å². The van der Waals surface area contributed by atoms with Gasteiger partial charge in [-0.1, -0.05) is 204 Å². The van der Waals surface area contributed by atoms with Crippen molar-refractivity contribution in [2.45, 2.75) is 275 Å². The van der Waals surface area contributed by atoms with Crippen molar-refractivity contribution in [2.24, 2.45) is 0 Å². The van der Waals surface area contributed by atoms with Gasteiger partial charge in [-0.05, 0) is 70.6 Å². The van der Waals surface area contributed by atoms with Crippen LogP contribution in [0.2, 0.25) is 0 Å². The molecule has 0 saturated carbocycles. The smallest absolute Gasteiger partial charge is 0.220 e. The molecule has 1 fully saturated rings. The zero-order chi connectivity index (χ0) is 45.9. The summed E-state index contributed by atoms with van der Waals surface area (Å²) < 4.78 is 11.2. The molecule has 1 rings (SSSR count). The van der Waals surface area contributed by atoms with Crippen LogP contribution in [0.3, 0.4) is 0 Å². The van der Waals surface area contributed by atoms with Crippen molar-refractivity contribution in [3.8, 4) is 0 Å². The van der Waals surface area contributed by atoms with Crippen molar-refractivity contribution in [1.29, 1.82) is 0 Å². The van der Waals surface area contributed by atoms with E-state index in [2.05, 4.69) is 55.6 Å². The standard InChI is InChI=1S/C54H99NO8/c1-3-5-7-9-11-13-15-17-18-19-20-21-22-23-24-25-26-27-28-29-30-32-34-36-38-40-42-44-50(58)55-47(46-62-54-53(61)52(60)51(59)49(45-56)63-54)48(57)43-41-39-37-35-33-31-16-14-12-10-8-6-4-2/h12,14,19-20,33,35,41,43,47-49,51-54,56-57,59-61H,3-11,13,15-18,21-32,34,36-40,42,44-46H2,1-2H3,(H,55,58)/b14-12+,20-19-,35-33+,43-41+. The van der Waals surface area contributed by atoms with Crippen LogP contribution in [0.4, 0.5) is 0 Å². The third-order valence-corrected chi connectivity index (χ3v) is 12.4. The fourth-order valence-electron chi connectivity index (χ4n) is 8.12. The van der Waals surface area contributed by atoms with Gasteiger partial charge in [0.25, 0.3) is 0 Å². The van der Waals surface area contributed by atoms with Gasteiger partial charge in [0, 0.05) is 6.42 Å². The molecule has 0 bridgehead atoms. The summed E-state index contributed by atoms with van der Waals surface area (Å²) in [5, 5.41) is 54.2. The molecule has 1 heterocycles. The molecule has 0 aliphatic carbocycles. The second kappa shape index (κ2) is 44.0. The summed E-state index contributed by atoms with van der Waals surface area (Å²) in [4.78, 5) is 13.0. The molecule has 0 aromatic heterocycles. The fourth-order valence-corrected chi connectivity index (χ4v) is 8.12. The number of carbonyl (C=O) groups excluding carboxylic acids is 1. The number of hydrogen-bond acceptors (Lipinski definition) is 8. The largest absolute Gasteiger partial charge is 0.394 e. The van der Waals surface area contributed by atoms with Gasteiger partial charge in [0.05, 0.1) is 25.4 Å². The minimum atomic E-state index is -1.57. The van der Waals surface area contributed by atoms with Gasteiger partial charge >= 0.3 is 0 Å². The van der Waals surface area contributed by atoms with Crippen molar-refractivity contribution >= 4 is 5.91 Å². The number of hydrogen-bond donors (Lipinski definition) is 6. The normalized spacial score (nSPS) is 20.5. The summed E-state index contributed by atoms with van der Waals surface area (Å²) in [5.41, 5.74) is 0. The third kappa shape index (κ3) is 34.2. The van der Waals surface area contributed by atoms with Crippen molar-refractivity contribution in [1.82, 2.24) is 5.32 Å². The summed E-state index contributed by atoms with van der Waals surface area (Å²) in [6.07, 6.45) is 50.4. The van der Waals surface area contributed by atoms with E-state index in [0.29, 0.717) is 6.42 Å². The summed E-state index contributed by atoms with van der Waals surface area (Å²) in [5.74, 6) is -0.191. The van der Waals surface area contributed by atoms with E-state index in [4.69, 9.17) is 9.47 Å². The van der Waals surface area contributed by atoms with Crippen molar-refractivity contribution in [2.75, 3.05) is 13.2 Å². The molecular formula is C54H99NO8. The Bertz CT molecular complexity index is 1130. The zero-order valence-electron chi connectivity index (χ0n) is 40.6. The van der Waals surface area contributed by atoms with Gasteiger partial charge in [-0.3, -0.25) is 4.79 Å². The minimum Gasteiger partial charge on any atom is -0.394 e. The summed E-state index contributed by atoms with van der Waals surface area (Å²) >= 11 is 0. The number of rotatable bonds is 44. The Morgan fingerprint density at radius 1 is 0.524 bits per heavy atom. The monoisotopic (exact) mass is 890 g/mol. The number of nitrogens with one attached hydrogen (secondary N) is 1. The lowest BCUT2D eigenvalue weighted by molar-refractivity contribution is -0.302. The van der Waals surface area contributed by atoms with Gasteiger partial charge in [-0.15, -0.1) is 0 Å². The highest BCUT2D eigenvalue weighted by molar-refractivity contribution is 5.76. The number of amides is 1. The predicted octanol–water partition coefficient (Wildman–Crippen LogP) is 12.2. The number of ether oxygens (including phenoxy) is 2. The Labute approximate surface area is 386 Å². The van der Waals surface area contributed by atoms with Crippen LogP contribution in [0.25, 0.3) is 0 Å². The summed E-state index contributed by atoms with van der Waals surface area (Å²) in [6, 6.07) is -0.827. The van der Waals surface area contributed by atoms with Crippen molar-refractivity contribution < 1.29 is 39.8 Å². The quantitative estimate of drug-likeness (QED) is 0.0262. The van der Waals surface area contributed by atoms with Crippen LogP contribution in [0.15, 0.2) is 48.6 Å². The van der Waals surface area contributed by atoms with Gasteiger partial charge < -0.3 is 40.3 Å². The van der Waals surface area contributed by atoms with E-state index in [0.717, 1.165) is 51.4 Å². The number of carbonyl (C=O) groups is 1. The predicted molar refractivity (Wildman–Crippen MR) is 263 cm³/mol. The van der Waals surface area contributed by atoms with Crippen LogP contribution >= 0.6 is 0 Å². The Balaban J connectivity index is 2.21. The van der Waals surface area contributed by atoms with Gasteiger partial charge in [-0.25, -0.2) is 0 Å². The van der Waals surface area contributed by atoms with Crippen LogP contribution in [0.5, 0.6) is 0 Å². The Morgan fingerprint density at radius 2 is 0.905 bits per heavy atom. The molecule has 0 aromatic rings. The molecule has 1 aliphatic rings. The molecule has 6 N–H and O–H groups in total. The van der Waals surface area contributed by atoms with E-state index in [1.807, 2.05) is 6.08 Å². The second-order valence-electron chi connectivity index (χ2n) is 18.3. The first kappa shape index (κ1) is 59.2. The third-order valence-electron chi connectivity index (χ3n) is 12.4. The molecule has 368 valence electrons. The molecule has 9 nitrogen and oxygen atoms in total. The fraction of sp³-hybridized carbons (Fsp3) is 0.833. The SMILES string of the molecule is CCCCC/C=C/CC/C=C/CC/C=C/C(O)C(COC1OC(CO)C(O)C(O)C1O)NC(=O)CCCCCCCCCCCCCCCCC/C=C\CCCCCCCCCC. The van der Waals surface area contributed by atoms with Crippen molar-refractivity contribution in [3.05, 3.63) is 48.6 Å². The van der Waals surface area contributed by atoms with Gasteiger partial charge in [0.15, 0.2) is 6.29 Å². The summed E-state index contributed by atoms with van der Waals surface area (Å²) in [6.45, 7) is 3.72. The maximum absolute atomic E-state index is 13.0. The lowest BCUT2D eigenvalue weighted by Crippen LogP contribution is -2.60. The Morgan fingerprint density at radius 3 is 1.37 bits per heavy atom. The lowest BCUT2D eigenvalue weighted by atomic mass is 9.99. The molecule has 7 unspecified atom stereocenters. The zero-order valence-corrected chi connectivity index (χ0v) is 40.6. The van der Waals surface area contributed by atoms with E-state index in [1.54, 1.807) is 6.08 Å². The first-order valence-electron chi connectivity index (χ1n) is 26.4. The Kier molecular flexibility index (Phi) is 41.3. The number of aliphatic hydroxyl groups is 5. The molecule has 0 radical (unpaired) electrons. The molecule has 9 heteroatoms. The van der Waals surface area contributed by atoms with E-state index in [-0.39, 0.29) is 12.5 Å². The molecule has 0 spiro atoms. The number of aliphatic hydroxyl groups excluding tert-OH is 5. The average molecular weight is 890 g/mol. The Hall–Kier alpha value is -1.85. The molecule has 0 aromatic carbocycles. The number of allylic oxidation sites excluding steroid dienone is 7. The van der Waals surface area contributed by atoms with E-state index in [1.165, 1.54) is 161 Å². The first-order valence-corrected chi connectivity index (χ1v) is 26.4. The maximum Gasteiger partial charge on any atom is 0.220 e. The highest BCUT2D eigenvalue weighted by atomic mass is 16.7. The molecule has 1 aliphatic heterocycles. The summed E-state index contributed by atoms with van der Waals surface area (Å²) in [7, 11) is 0. The van der Waals surface area contributed by atoms with Crippen LogP contribution in [-0.2, 0) is 14.3 Å². The highest BCUT2D eigenvalue weighted by Gasteiger charge is 2.44. The molecule has 1 saturated heterocycles. The van der Waals surface area contributed by atoms with E-state index >= 15 is 0 Å².